The van der Waals surface area contributed by atoms with Gasteiger partial charge in [-0.05, 0) is 36.1 Å². The molecule has 7 heteroatoms. The summed E-state index contributed by atoms with van der Waals surface area (Å²) in [4.78, 5) is 29.7. The zero-order chi connectivity index (χ0) is 27.1. The van der Waals surface area contributed by atoms with E-state index in [2.05, 4.69) is 76.5 Å². The number of amides is 1. The Morgan fingerprint density at radius 2 is 1.43 bits per heavy atom. The third-order valence-corrected chi connectivity index (χ3v) is 8.56. The maximum atomic E-state index is 12.9. The van der Waals surface area contributed by atoms with Gasteiger partial charge in [-0.25, -0.2) is 9.97 Å². The van der Waals surface area contributed by atoms with Crippen LogP contribution in [0, 0.1) is 0 Å². The maximum Gasteiger partial charge on any atom is 0.253 e. The van der Waals surface area contributed by atoms with Crippen molar-refractivity contribution in [3.63, 3.8) is 0 Å². The first-order valence-corrected chi connectivity index (χ1v) is 15.2. The maximum absolute atomic E-state index is 12.9. The van der Waals surface area contributed by atoms with Crippen LogP contribution in [0.5, 0.6) is 0 Å². The Bertz CT molecular complexity index is 1420. The van der Waals surface area contributed by atoms with E-state index in [4.69, 9.17) is 9.97 Å². The zero-order valence-corrected chi connectivity index (χ0v) is 23.6. The Balaban J connectivity index is 1.17. The SMILES string of the molecule is O=C(c1cccc(CSc2nc(-c3ccccc3)cc(N3CCN(Cc4ccccc4)CC3)n2)c1)N1CCCC1. The van der Waals surface area contributed by atoms with E-state index in [1.165, 1.54) is 5.56 Å². The van der Waals surface area contributed by atoms with Crippen molar-refractivity contribution in [2.24, 2.45) is 0 Å². The molecule has 0 spiro atoms. The lowest BCUT2D eigenvalue weighted by atomic mass is 10.1. The molecule has 6 nitrogen and oxygen atoms in total. The summed E-state index contributed by atoms with van der Waals surface area (Å²) < 4.78 is 0. The number of carbonyl (C=O) groups excluding carboxylic acids is 1. The fourth-order valence-electron chi connectivity index (χ4n) is 5.42. The monoisotopic (exact) mass is 549 g/mol. The van der Waals surface area contributed by atoms with Crippen LogP contribution in [0.3, 0.4) is 0 Å². The van der Waals surface area contributed by atoms with Crippen LogP contribution in [0.2, 0.25) is 0 Å². The number of rotatable bonds is 8. The molecule has 6 rings (SSSR count). The van der Waals surface area contributed by atoms with Crippen molar-refractivity contribution in [3.05, 3.63) is 108 Å². The van der Waals surface area contributed by atoms with Gasteiger partial charge in [0.05, 0.1) is 5.69 Å². The molecule has 3 heterocycles. The zero-order valence-electron chi connectivity index (χ0n) is 22.8. The van der Waals surface area contributed by atoms with Crippen molar-refractivity contribution in [3.8, 4) is 11.3 Å². The number of nitrogens with zero attached hydrogens (tertiary/aromatic N) is 5. The van der Waals surface area contributed by atoms with Gasteiger partial charge in [0.15, 0.2) is 5.16 Å². The summed E-state index contributed by atoms with van der Waals surface area (Å²) in [6, 6.07) is 31.2. The van der Waals surface area contributed by atoms with Crippen molar-refractivity contribution >= 4 is 23.5 Å². The Kier molecular flexibility index (Phi) is 8.40. The summed E-state index contributed by atoms with van der Waals surface area (Å²) in [5, 5.41) is 0.763. The molecular formula is C33H35N5OS. The number of hydrogen-bond donors (Lipinski definition) is 0. The van der Waals surface area contributed by atoms with Crippen LogP contribution in [0.25, 0.3) is 11.3 Å². The van der Waals surface area contributed by atoms with E-state index in [0.29, 0.717) is 5.75 Å². The first-order valence-electron chi connectivity index (χ1n) is 14.2. The van der Waals surface area contributed by atoms with Gasteiger partial charge in [0, 0.05) is 68.8 Å². The predicted octanol–water partition coefficient (Wildman–Crippen LogP) is 5.99. The highest BCUT2D eigenvalue weighted by Crippen LogP contribution is 2.28. The van der Waals surface area contributed by atoms with Crippen LogP contribution in [-0.2, 0) is 12.3 Å². The van der Waals surface area contributed by atoms with Crippen molar-refractivity contribution in [2.75, 3.05) is 44.2 Å². The smallest absolute Gasteiger partial charge is 0.253 e. The van der Waals surface area contributed by atoms with Crippen molar-refractivity contribution in [1.29, 1.82) is 0 Å². The lowest BCUT2D eigenvalue weighted by Gasteiger charge is -2.35. The van der Waals surface area contributed by atoms with Gasteiger partial charge in [0.1, 0.15) is 5.82 Å². The van der Waals surface area contributed by atoms with E-state index < -0.39 is 0 Å². The first-order chi connectivity index (χ1) is 19.7. The molecule has 3 aromatic carbocycles. The molecule has 0 radical (unpaired) electrons. The lowest BCUT2D eigenvalue weighted by molar-refractivity contribution is 0.0792. The first kappa shape index (κ1) is 26.5. The number of hydrogen-bond acceptors (Lipinski definition) is 6. The van der Waals surface area contributed by atoms with Crippen molar-refractivity contribution < 1.29 is 4.79 Å². The molecule has 0 unspecified atom stereocenters. The molecule has 0 aliphatic carbocycles. The number of likely N-dealkylation sites (tertiary alicyclic amines) is 1. The second kappa shape index (κ2) is 12.7. The lowest BCUT2D eigenvalue weighted by Crippen LogP contribution is -2.46. The summed E-state index contributed by atoms with van der Waals surface area (Å²) in [5.41, 5.74) is 5.27. The number of carbonyl (C=O) groups is 1. The fourth-order valence-corrected chi connectivity index (χ4v) is 6.21. The van der Waals surface area contributed by atoms with Crippen LogP contribution >= 0.6 is 11.8 Å². The molecule has 0 atom stereocenters. The van der Waals surface area contributed by atoms with Gasteiger partial charge in [-0.15, -0.1) is 0 Å². The minimum atomic E-state index is 0.139. The molecule has 1 aromatic heterocycles. The Labute approximate surface area is 241 Å². The molecule has 1 amide bonds. The van der Waals surface area contributed by atoms with Gasteiger partial charge in [0.25, 0.3) is 5.91 Å². The van der Waals surface area contributed by atoms with Gasteiger partial charge in [-0.2, -0.15) is 0 Å². The second-order valence-corrected chi connectivity index (χ2v) is 11.4. The molecule has 4 aromatic rings. The van der Waals surface area contributed by atoms with E-state index in [1.54, 1.807) is 11.8 Å². The van der Waals surface area contributed by atoms with Gasteiger partial charge in [-0.3, -0.25) is 9.69 Å². The molecule has 2 fully saturated rings. The van der Waals surface area contributed by atoms with Gasteiger partial charge in [-0.1, -0.05) is 84.6 Å². The number of piperazine rings is 1. The van der Waals surface area contributed by atoms with Crippen LogP contribution in [0.15, 0.2) is 96.2 Å². The van der Waals surface area contributed by atoms with E-state index in [1.807, 2.05) is 29.2 Å². The highest BCUT2D eigenvalue weighted by Gasteiger charge is 2.21. The third kappa shape index (κ3) is 6.54. The van der Waals surface area contributed by atoms with Crippen molar-refractivity contribution in [1.82, 2.24) is 19.8 Å². The van der Waals surface area contributed by atoms with Crippen molar-refractivity contribution in [2.45, 2.75) is 30.3 Å². The van der Waals surface area contributed by atoms with E-state index in [-0.39, 0.29) is 5.91 Å². The number of thioether (sulfide) groups is 1. The van der Waals surface area contributed by atoms with Gasteiger partial charge in [0.2, 0.25) is 0 Å². The Morgan fingerprint density at radius 3 is 2.17 bits per heavy atom. The molecule has 204 valence electrons. The minimum absolute atomic E-state index is 0.139. The normalized spacial score (nSPS) is 15.9. The standard InChI is InChI=1S/C33H35N5OS/c39-32(38-16-7-8-17-38)29-15-9-12-27(22-29)25-40-33-34-30(28-13-5-2-6-14-28)23-31(35-33)37-20-18-36(19-21-37)24-26-10-3-1-4-11-26/h1-6,9-15,22-23H,7-8,16-21,24-25H2. The van der Waals surface area contributed by atoms with Crippen LogP contribution < -0.4 is 4.90 Å². The van der Waals surface area contributed by atoms with Crippen LogP contribution in [0.1, 0.15) is 34.3 Å². The van der Waals surface area contributed by atoms with Crippen LogP contribution in [-0.4, -0.2) is 64.9 Å². The number of aromatic nitrogens is 2. The highest BCUT2D eigenvalue weighted by atomic mass is 32.2. The summed E-state index contributed by atoms with van der Waals surface area (Å²) >= 11 is 1.63. The Morgan fingerprint density at radius 1 is 0.725 bits per heavy atom. The summed E-state index contributed by atoms with van der Waals surface area (Å²) in [6.45, 7) is 6.57. The topological polar surface area (TPSA) is 52.6 Å². The third-order valence-electron chi connectivity index (χ3n) is 7.64. The molecule has 0 N–H and O–H groups in total. The molecule has 0 saturated carbocycles. The average molecular weight is 550 g/mol. The fraction of sp³-hybridized carbons (Fsp3) is 0.303. The van der Waals surface area contributed by atoms with E-state index in [9.17, 15) is 4.79 Å². The number of anilines is 1. The second-order valence-electron chi connectivity index (χ2n) is 10.5. The molecule has 2 saturated heterocycles. The summed E-state index contributed by atoms with van der Waals surface area (Å²) in [5.74, 6) is 1.83. The van der Waals surface area contributed by atoms with Gasteiger partial charge < -0.3 is 9.80 Å². The van der Waals surface area contributed by atoms with Crippen LogP contribution in [0.4, 0.5) is 5.82 Å². The predicted molar refractivity (Wildman–Crippen MR) is 163 cm³/mol. The van der Waals surface area contributed by atoms with E-state index >= 15 is 0 Å². The summed E-state index contributed by atoms with van der Waals surface area (Å²) in [7, 11) is 0. The molecular weight excluding hydrogens is 514 g/mol. The minimum Gasteiger partial charge on any atom is -0.354 e. The number of benzene rings is 3. The Hall–Kier alpha value is -3.68. The largest absolute Gasteiger partial charge is 0.354 e. The molecule has 2 aliphatic rings. The quantitative estimate of drug-likeness (QED) is 0.199. The molecule has 40 heavy (non-hydrogen) atoms. The molecule has 2 aliphatic heterocycles. The van der Waals surface area contributed by atoms with E-state index in [0.717, 1.165) is 92.0 Å². The molecule has 0 bridgehead atoms. The van der Waals surface area contributed by atoms with Gasteiger partial charge >= 0.3 is 0 Å². The summed E-state index contributed by atoms with van der Waals surface area (Å²) in [6.07, 6.45) is 2.20. The highest BCUT2D eigenvalue weighted by molar-refractivity contribution is 7.98. The average Bonchev–Trinajstić information content (AvgIpc) is 3.56.